The molecule has 0 bridgehead atoms. The summed E-state index contributed by atoms with van der Waals surface area (Å²) in [5, 5.41) is 5.79. The molecule has 42 heavy (non-hydrogen) atoms. The number of ether oxygens (including phenoxy) is 1. The molecule has 4 amide bonds. The molecule has 9 nitrogen and oxygen atoms in total. The first-order valence-electron chi connectivity index (χ1n) is 15.7. The van der Waals surface area contributed by atoms with Gasteiger partial charge in [0.15, 0.2) is 0 Å². The number of rotatable bonds is 18. The fourth-order valence-corrected chi connectivity index (χ4v) is 4.97. The maximum atomic E-state index is 14.4. The van der Waals surface area contributed by atoms with Crippen LogP contribution in [-0.4, -0.2) is 52.9 Å². The summed E-state index contributed by atoms with van der Waals surface area (Å²) >= 11 is 0. The summed E-state index contributed by atoms with van der Waals surface area (Å²) < 4.78 is 5.43. The lowest BCUT2D eigenvalue weighted by atomic mass is 9.94. The summed E-state index contributed by atoms with van der Waals surface area (Å²) in [7, 11) is 0. The first-order valence-corrected chi connectivity index (χ1v) is 15.7. The van der Waals surface area contributed by atoms with Gasteiger partial charge in [0, 0.05) is 19.0 Å². The first-order chi connectivity index (χ1) is 19.7. The zero-order chi connectivity index (χ0) is 31.9. The third-order valence-electron chi connectivity index (χ3n) is 7.32. The van der Waals surface area contributed by atoms with Crippen LogP contribution in [0.25, 0.3) is 0 Å². The molecule has 0 fully saturated rings. The molecule has 1 aromatic rings. The molecular formula is C33H56N4O5. The Morgan fingerprint density at radius 2 is 1.57 bits per heavy atom. The third kappa shape index (κ3) is 13.3. The number of unbranched alkanes of at least 4 members (excludes halogenated alkanes) is 5. The van der Waals surface area contributed by atoms with Crippen LogP contribution in [0.4, 0.5) is 4.79 Å². The van der Waals surface area contributed by atoms with E-state index in [2.05, 4.69) is 24.5 Å². The molecule has 0 spiro atoms. The van der Waals surface area contributed by atoms with Crippen molar-refractivity contribution in [3.8, 4) is 0 Å². The lowest BCUT2D eigenvalue weighted by Crippen LogP contribution is -2.54. The standard InChI is InChI=1S/C33H56N4O5/c1-9-11-12-13-14-15-22-37(31(40)27(20-21-28(34)38)36-32(41)42-33(6,7)8)29(30(39)35-24(4)17-10-2)26-19-16-18-23(3)25(26)5/h16,18-19,24,27,29H,9-15,17,20-22H2,1-8H3,(H2,34,38)(H,35,39)(H,36,41). The van der Waals surface area contributed by atoms with Gasteiger partial charge in [0.1, 0.15) is 17.7 Å². The van der Waals surface area contributed by atoms with E-state index >= 15 is 0 Å². The Hall–Kier alpha value is -3.10. The number of hydrogen-bond donors (Lipinski definition) is 3. The quantitative estimate of drug-likeness (QED) is 0.181. The smallest absolute Gasteiger partial charge is 0.408 e. The lowest BCUT2D eigenvalue weighted by molar-refractivity contribution is -0.143. The summed E-state index contributed by atoms with van der Waals surface area (Å²) in [6.07, 6.45) is 6.86. The Kier molecular flexibility index (Phi) is 16.2. The molecule has 0 saturated carbocycles. The Morgan fingerprint density at radius 1 is 0.929 bits per heavy atom. The number of carbonyl (C=O) groups is 4. The molecular weight excluding hydrogens is 532 g/mol. The second kappa shape index (κ2) is 18.4. The van der Waals surface area contributed by atoms with E-state index < -0.39 is 35.6 Å². The average molecular weight is 589 g/mol. The van der Waals surface area contributed by atoms with Crippen molar-refractivity contribution in [3.05, 3.63) is 34.9 Å². The number of amides is 4. The van der Waals surface area contributed by atoms with Crippen molar-refractivity contribution in [2.75, 3.05) is 6.54 Å². The summed E-state index contributed by atoms with van der Waals surface area (Å²) in [5.74, 6) is -1.30. The van der Waals surface area contributed by atoms with Crippen LogP contribution in [0, 0.1) is 13.8 Å². The van der Waals surface area contributed by atoms with Crippen LogP contribution in [0.2, 0.25) is 0 Å². The van der Waals surface area contributed by atoms with Crippen LogP contribution >= 0.6 is 0 Å². The van der Waals surface area contributed by atoms with Crippen LogP contribution in [0.15, 0.2) is 18.2 Å². The molecule has 3 atom stereocenters. The van der Waals surface area contributed by atoms with Gasteiger partial charge in [-0.05, 0) is 77.5 Å². The molecule has 1 rings (SSSR count). The second-order valence-corrected chi connectivity index (χ2v) is 12.4. The molecule has 238 valence electrons. The van der Waals surface area contributed by atoms with E-state index in [1.165, 1.54) is 0 Å². The Balaban J connectivity index is 3.58. The highest BCUT2D eigenvalue weighted by atomic mass is 16.6. The van der Waals surface area contributed by atoms with Crippen LogP contribution in [0.5, 0.6) is 0 Å². The topological polar surface area (TPSA) is 131 Å². The van der Waals surface area contributed by atoms with Crippen LogP contribution in [0.1, 0.15) is 128 Å². The molecule has 4 N–H and O–H groups in total. The number of aryl methyl sites for hydroxylation is 1. The molecule has 0 aliphatic heterocycles. The van der Waals surface area contributed by atoms with Gasteiger partial charge >= 0.3 is 6.09 Å². The van der Waals surface area contributed by atoms with E-state index in [0.717, 1.165) is 61.6 Å². The predicted octanol–water partition coefficient (Wildman–Crippen LogP) is 6.00. The molecule has 0 aliphatic carbocycles. The maximum Gasteiger partial charge on any atom is 0.408 e. The number of hydrogen-bond acceptors (Lipinski definition) is 5. The molecule has 9 heteroatoms. The summed E-state index contributed by atoms with van der Waals surface area (Å²) in [6, 6.07) is 3.67. The van der Waals surface area contributed by atoms with Crippen molar-refractivity contribution in [1.82, 2.24) is 15.5 Å². The van der Waals surface area contributed by atoms with Crippen molar-refractivity contribution in [2.24, 2.45) is 5.73 Å². The second-order valence-electron chi connectivity index (χ2n) is 12.4. The van der Waals surface area contributed by atoms with Gasteiger partial charge in [-0.15, -0.1) is 0 Å². The van der Waals surface area contributed by atoms with Crippen molar-refractivity contribution >= 4 is 23.8 Å². The Bertz CT molecular complexity index is 1020. The van der Waals surface area contributed by atoms with Crippen LogP contribution in [0.3, 0.4) is 0 Å². The zero-order valence-electron chi connectivity index (χ0n) is 27.3. The molecule has 0 aliphatic rings. The fourth-order valence-electron chi connectivity index (χ4n) is 4.97. The average Bonchev–Trinajstić information content (AvgIpc) is 2.88. The van der Waals surface area contributed by atoms with Crippen molar-refractivity contribution in [3.63, 3.8) is 0 Å². The van der Waals surface area contributed by atoms with Gasteiger partial charge in [-0.2, -0.15) is 0 Å². The highest BCUT2D eigenvalue weighted by Gasteiger charge is 2.37. The number of nitrogens with two attached hydrogens (primary N) is 1. The maximum absolute atomic E-state index is 14.4. The zero-order valence-corrected chi connectivity index (χ0v) is 27.3. The number of benzene rings is 1. The van der Waals surface area contributed by atoms with E-state index in [9.17, 15) is 19.2 Å². The molecule has 3 unspecified atom stereocenters. The molecule has 0 radical (unpaired) electrons. The number of carbonyl (C=O) groups excluding carboxylic acids is 4. The van der Waals surface area contributed by atoms with E-state index in [4.69, 9.17) is 10.5 Å². The van der Waals surface area contributed by atoms with Crippen molar-refractivity contribution in [1.29, 1.82) is 0 Å². The Labute approximate surface area is 253 Å². The summed E-state index contributed by atoms with van der Waals surface area (Å²) in [6.45, 7) is 15.6. The van der Waals surface area contributed by atoms with Gasteiger partial charge in [0.05, 0.1) is 0 Å². The van der Waals surface area contributed by atoms with E-state index in [1.54, 1.807) is 25.7 Å². The monoisotopic (exact) mass is 588 g/mol. The van der Waals surface area contributed by atoms with Crippen molar-refractivity contribution in [2.45, 2.75) is 143 Å². The molecule has 0 saturated heterocycles. The number of alkyl carbamates (subject to hydrolysis) is 1. The largest absolute Gasteiger partial charge is 0.444 e. The van der Waals surface area contributed by atoms with Crippen LogP contribution in [-0.2, 0) is 19.1 Å². The number of primary amides is 1. The minimum absolute atomic E-state index is 0.00617. The predicted molar refractivity (Wildman–Crippen MR) is 168 cm³/mol. The minimum atomic E-state index is -1.10. The molecule has 0 heterocycles. The molecule has 1 aromatic carbocycles. The van der Waals surface area contributed by atoms with E-state index in [1.807, 2.05) is 39.0 Å². The Morgan fingerprint density at radius 3 is 2.17 bits per heavy atom. The lowest BCUT2D eigenvalue weighted by Gasteiger charge is -2.36. The van der Waals surface area contributed by atoms with Gasteiger partial charge < -0.3 is 26.0 Å². The van der Waals surface area contributed by atoms with Gasteiger partial charge in [0.2, 0.25) is 17.7 Å². The highest BCUT2D eigenvalue weighted by molar-refractivity contribution is 5.92. The number of nitrogens with zero attached hydrogens (tertiary/aromatic N) is 1. The van der Waals surface area contributed by atoms with E-state index in [0.29, 0.717) is 13.0 Å². The SMILES string of the molecule is CCCCCCCCN(C(=O)C(CCC(N)=O)NC(=O)OC(C)(C)C)C(C(=O)NC(C)CCC)c1cccc(C)c1C. The first kappa shape index (κ1) is 36.9. The minimum Gasteiger partial charge on any atom is -0.444 e. The number of nitrogens with one attached hydrogen (secondary N) is 2. The fraction of sp³-hybridized carbons (Fsp3) is 0.697. The van der Waals surface area contributed by atoms with Crippen LogP contribution < -0.4 is 16.4 Å². The third-order valence-corrected chi connectivity index (χ3v) is 7.32. The van der Waals surface area contributed by atoms with Gasteiger partial charge in [-0.3, -0.25) is 14.4 Å². The summed E-state index contributed by atoms with van der Waals surface area (Å²) in [4.78, 5) is 54.5. The highest BCUT2D eigenvalue weighted by Crippen LogP contribution is 2.29. The van der Waals surface area contributed by atoms with Gasteiger partial charge in [-0.1, -0.05) is 70.6 Å². The van der Waals surface area contributed by atoms with Crippen molar-refractivity contribution < 1.29 is 23.9 Å². The normalized spacial score (nSPS) is 13.5. The van der Waals surface area contributed by atoms with E-state index in [-0.39, 0.29) is 24.8 Å². The van der Waals surface area contributed by atoms with Gasteiger partial charge in [0.25, 0.3) is 0 Å². The molecule has 0 aromatic heterocycles. The van der Waals surface area contributed by atoms with Gasteiger partial charge in [-0.25, -0.2) is 4.79 Å². The summed E-state index contributed by atoms with van der Waals surface area (Å²) in [5.41, 5.74) is 7.33.